The fourth-order valence-electron chi connectivity index (χ4n) is 1.74. The van der Waals surface area contributed by atoms with Crippen LogP contribution >= 0.6 is 11.3 Å². The molecular weight excluding hydrogens is 343 g/mol. The Morgan fingerprint density at radius 3 is 2.62 bits per heavy atom. The van der Waals surface area contributed by atoms with Crippen LogP contribution in [-0.2, 0) is 20.5 Å². The highest BCUT2D eigenvalue weighted by atomic mass is 32.1. The number of carbonyl (C=O) groups is 2. The van der Waals surface area contributed by atoms with Crippen molar-refractivity contribution in [1.29, 1.82) is 0 Å². The van der Waals surface area contributed by atoms with Crippen molar-refractivity contribution >= 4 is 35.0 Å². The summed E-state index contributed by atoms with van der Waals surface area (Å²) >= 11 is 1.45. The number of nitrogens with one attached hydrogen (secondary N) is 1. The minimum atomic E-state index is -4.59. The van der Waals surface area contributed by atoms with Gasteiger partial charge in [0, 0.05) is 6.08 Å². The molecule has 0 bridgehead atoms. The highest BCUT2D eigenvalue weighted by molar-refractivity contribution is 7.08. The lowest BCUT2D eigenvalue weighted by Gasteiger charge is -2.13. The van der Waals surface area contributed by atoms with E-state index in [9.17, 15) is 22.8 Å². The lowest BCUT2D eigenvalue weighted by atomic mass is 10.1. The number of benzene rings is 1. The van der Waals surface area contributed by atoms with Gasteiger partial charge in [0.15, 0.2) is 6.61 Å². The van der Waals surface area contributed by atoms with E-state index in [-0.39, 0.29) is 5.69 Å². The number of hydrogen-bond donors (Lipinski definition) is 1. The first-order chi connectivity index (χ1) is 11.4. The van der Waals surface area contributed by atoms with Gasteiger partial charge in [-0.15, -0.1) is 0 Å². The number of ether oxygens (including phenoxy) is 1. The zero-order valence-electron chi connectivity index (χ0n) is 12.2. The zero-order valence-corrected chi connectivity index (χ0v) is 13.0. The molecule has 0 fully saturated rings. The number of thiophene rings is 1. The van der Waals surface area contributed by atoms with Gasteiger partial charge < -0.3 is 10.1 Å². The number of carbonyl (C=O) groups excluding carboxylic acids is 2. The first-order valence-electron chi connectivity index (χ1n) is 6.69. The predicted molar refractivity (Wildman–Crippen MR) is 84.4 cm³/mol. The molecule has 1 aromatic heterocycles. The fourth-order valence-corrected chi connectivity index (χ4v) is 2.37. The van der Waals surface area contributed by atoms with Gasteiger partial charge in [0.05, 0.1) is 11.3 Å². The summed E-state index contributed by atoms with van der Waals surface area (Å²) in [5.41, 5.74) is -0.553. The number of amides is 1. The summed E-state index contributed by atoms with van der Waals surface area (Å²) in [6.07, 6.45) is -1.95. The standard InChI is InChI=1S/C16H12F3NO3S/c17-16(18,19)12-3-1-2-4-13(12)20-14(21)9-23-15(22)6-5-11-7-8-24-10-11/h1-8,10H,9H2,(H,20,21)/b6-5+. The normalized spacial score (nSPS) is 11.5. The molecule has 24 heavy (non-hydrogen) atoms. The average Bonchev–Trinajstić information content (AvgIpc) is 3.04. The Morgan fingerprint density at radius 1 is 1.21 bits per heavy atom. The molecule has 0 radical (unpaired) electrons. The lowest BCUT2D eigenvalue weighted by Crippen LogP contribution is -2.22. The van der Waals surface area contributed by atoms with Gasteiger partial charge in [0.2, 0.25) is 0 Å². The van der Waals surface area contributed by atoms with Crippen molar-refractivity contribution in [3.05, 3.63) is 58.3 Å². The molecule has 0 aliphatic carbocycles. The maximum absolute atomic E-state index is 12.8. The van der Waals surface area contributed by atoms with Crippen LogP contribution in [0.3, 0.4) is 0 Å². The van der Waals surface area contributed by atoms with E-state index in [1.807, 2.05) is 10.8 Å². The maximum Gasteiger partial charge on any atom is 0.418 e. The van der Waals surface area contributed by atoms with Crippen LogP contribution in [0.5, 0.6) is 0 Å². The monoisotopic (exact) mass is 355 g/mol. The molecule has 0 atom stereocenters. The summed E-state index contributed by atoms with van der Waals surface area (Å²) < 4.78 is 43.1. The highest BCUT2D eigenvalue weighted by Crippen LogP contribution is 2.34. The van der Waals surface area contributed by atoms with Crippen molar-refractivity contribution in [3.63, 3.8) is 0 Å². The predicted octanol–water partition coefficient (Wildman–Crippen LogP) is 3.96. The number of para-hydroxylation sites is 1. The van der Waals surface area contributed by atoms with Gasteiger partial charge in [-0.25, -0.2) is 4.79 Å². The molecular formula is C16H12F3NO3S. The largest absolute Gasteiger partial charge is 0.452 e. The zero-order chi connectivity index (χ0) is 17.6. The van der Waals surface area contributed by atoms with E-state index in [0.29, 0.717) is 0 Å². The van der Waals surface area contributed by atoms with E-state index in [0.717, 1.165) is 23.8 Å². The molecule has 0 spiro atoms. The van der Waals surface area contributed by atoms with Crippen molar-refractivity contribution in [1.82, 2.24) is 0 Å². The Bertz CT molecular complexity index is 739. The third-order valence-electron chi connectivity index (χ3n) is 2.81. The Labute approximate surface area is 139 Å². The third-order valence-corrected chi connectivity index (χ3v) is 3.51. The molecule has 1 amide bonds. The van der Waals surface area contributed by atoms with Gasteiger partial charge >= 0.3 is 12.1 Å². The second-order valence-electron chi connectivity index (χ2n) is 4.59. The molecule has 0 aliphatic heterocycles. The minimum absolute atomic E-state index is 0.389. The van der Waals surface area contributed by atoms with E-state index in [1.165, 1.54) is 29.5 Å². The number of esters is 1. The quantitative estimate of drug-likeness (QED) is 0.652. The van der Waals surface area contributed by atoms with E-state index < -0.39 is 30.2 Å². The molecule has 126 valence electrons. The number of rotatable bonds is 5. The summed E-state index contributed by atoms with van der Waals surface area (Å²) in [6, 6.07) is 6.34. The summed E-state index contributed by atoms with van der Waals surface area (Å²) in [7, 11) is 0. The second-order valence-corrected chi connectivity index (χ2v) is 5.37. The Balaban J connectivity index is 1.89. The fraction of sp³-hybridized carbons (Fsp3) is 0.125. The van der Waals surface area contributed by atoms with Crippen molar-refractivity contribution in [2.75, 3.05) is 11.9 Å². The van der Waals surface area contributed by atoms with Crippen LogP contribution in [0.1, 0.15) is 11.1 Å². The molecule has 0 unspecified atom stereocenters. The van der Waals surface area contributed by atoms with Crippen LogP contribution in [0.4, 0.5) is 18.9 Å². The van der Waals surface area contributed by atoms with Gasteiger partial charge in [-0.3, -0.25) is 4.79 Å². The molecule has 2 rings (SSSR count). The Kier molecular flexibility index (Phi) is 5.75. The van der Waals surface area contributed by atoms with Crippen LogP contribution in [0.2, 0.25) is 0 Å². The topological polar surface area (TPSA) is 55.4 Å². The van der Waals surface area contributed by atoms with E-state index in [4.69, 9.17) is 0 Å². The third kappa shape index (κ3) is 5.24. The molecule has 0 aliphatic rings. The van der Waals surface area contributed by atoms with E-state index in [1.54, 1.807) is 6.07 Å². The first kappa shape index (κ1) is 17.7. The van der Waals surface area contributed by atoms with Crippen LogP contribution < -0.4 is 5.32 Å². The van der Waals surface area contributed by atoms with Crippen LogP contribution in [0.25, 0.3) is 6.08 Å². The summed E-state index contributed by atoms with van der Waals surface area (Å²) in [5, 5.41) is 5.72. The van der Waals surface area contributed by atoms with Gasteiger partial charge in [-0.05, 0) is 40.6 Å². The molecule has 0 saturated heterocycles. The molecule has 4 nitrogen and oxygen atoms in total. The Hall–Kier alpha value is -2.61. The first-order valence-corrected chi connectivity index (χ1v) is 7.63. The number of alkyl halides is 3. The SMILES string of the molecule is O=C(COC(=O)/C=C/c1ccsc1)Nc1ccccc1C(F)(F)F. The minimum Gasteiger partial charge on any atom is -0.452 e. The average molecular weight is 355 g/mol. The van der Waals surface area contributed by atoms with Gasteiger partial charge in [0.25, 0.3) is 5.91 Å². The molecule has 0 saturated carbocycles. The van der Waals surface area contributed by atoms with Crippen LogP contribution in [0.15, 0.2) is 47.2 Å². The second kappa shape index (κ2) is 7.78. The molecule has 1 N–H and O–H groups in total. The van der Waals surface area contributed by atoms with Gasteiger partial charge in [0.1, 0.15) is 0 Å². The number of hydrogen-bond acceptors (Lipinski definition) is 4. The number of halogens is 3. The van der Waals surface area contributed by atoms with Crippen LogP contribution in [-0.4, -0.2) is 18.5 Å². The van der Waals surface area contributed by atoms with E-state index >= 15 is 0 Å². The number of anilines is 1. The Morgan fingerprint density at radius 2 is 1.96 bits per heavy atom. The lowest BCUT2D eigenvalue weighted by molar-refractivity contribution is -0.142. The van der Waals surface area contributed by atoms with E-state index in [2.05, 4.69) is 10.1 Å². The van der Waals surface area contributed by atoms with Gasteiger partial charge in [-0.1, -0.05) is 12.1 Å². The smallest absolute Gasteiger partial charge is 0.418 e. The highest BCUT2D eigenvalue weighted by Gasteiger charge is 2.33. The van der Waals surface area contributed by atoms with Crippen molar-refractivity contribution in [2.45, 2.75) is 6.18 Å². The molecule has 2 aromatic rings. The molecule has 1 aromatic carbocycles. The molecule has 8 heteroatoms. The van der Waals surface area contributed by atoms with Crippen molar-refractivity contribution < 1.29 is 27.5 Å². The maximum atomic E-state index is 12.8. The summed E-state index contributed by atoms with van der Waals surface area (Å²) in [6.45, 7) is -0.682. The summed E-state index contributed by atoms with van der Waals surface area (Å²) in [4.78, 5) is 23.1. The molecule has 1 heterocycles. The van der Waals surface area contributed by atoms with Crippen LogP contribution in [0, 0.1) is 0 Å². The van der Waals surface area contributed by atoms with Crippen molar-refractivity contribution in [2.24, 2.45) is 0 Å². The summed E-state index contributed by atoms with van der Waals surface area (Å²) in [5.74, 6) is -1.62. The van der Waals surface area contributed by atoms with Gasteiger partial charge in [-0.2, -0.15) is 24.5 Å². The van der Waals surface area contributed by atoms with Crippen molar-refractivity contribution in [3.8, 4) is 0 Å².